The molecule has 0 heterocycles. The molecule has 1 atom stereocenters. The molecule has 1 rings (SSSR count). The third-order valence-electron chi connectivity index (χ3n) is 3.17. The Balaban J connectivity index is 2.57. The molecule has 0 spiro atoms. The molecule has 1 N–H and O–H groups in total. The van der Waals surface area contributed by atoms with Gasteiger partial charge in [-0.25, -0.2) is 4.39 Å². The fraction of sp³-hybridized carbons (Fsp3) is 0.647. The van der Waals surface area contributed by atoms with Gasteiger partial charge in [0.1, 0.15) is 5.82 Å². The first kappa shape index (κ1) is 17.1. The van der Waals surface area contributed by atoms with Crippen molar-refractivity contribution in [2.24, 2.45) is 5.41 Å². The van der Waals surface area contributed by atoms with Crippen LogP contribution in [-0.2, 0) is 4.74 Å². The van der Waals surface area contributed by atoms with E-state index in [9.17, 15) is 4.39 Å². The van der Waals surface area contributed by atoms with Crippen LogP contribution in [0, 0.1) is 11.2 Å². The molecule has 0 aliphatic rings. The van der Waals surface area contributed by atoms with E-state index in [1.165, 1.54) is 12.1 Å². The van der Waals surface area contributed by atoms with Gasteiger partial charge in [-0.1, -0.05) is 39.8 Å². The number of hydrogen-bond acceptors (Lipinski definition) is 2. The number of halogens is 1. The molecular weight excluding hydrogens is 253 g/mol. The lowest BCUT2D eigenvalue weighted by Gasteiger charge is -2.23. The van der Waals surface area contributed by atoms with E-state index in [4.69, 9.17) is 4.74 Å². The van der Waals surface area contributed by atoms with Crippen molar-refractivity contribution < 1.29 is 9.13 Å². The van der Waals surface area contributed by atoms with Gasteiger partial charge in [0, 0.05) is 13.2 Å². The third-order valence-corrected chi connectivity index (χ3v) is 3.17. The average Bonchev–Trinajstić information content (AvgIpc) is 2.37. The van der Waals surface area contributed by atoms with E-state index in [0.717, 1.165) is 38.1 Å². The molecular formula is C17H28FNO. The molecule has 1 aromatic rings. The second-order valence-electron chi connectivity index (χ2n) is 6.43. The molecule has 0 saturated heterocycles. The molecule has 0 fully saturated rings. The molecule has 0 radical (unpaired) electrons. The highest BCUT2D eigenvalue weighted by Crippen LogP contribution is 2.22. The van der Waals surface area contributed by atoms with Crippen molar-refractivity contribution in [3.63, 3.8) is 0 Å². The van der Waals surface area contributed by atoms with Crippen LogP contribution in [0.5, 0.6) is 0 Å². The molecule has 20 heavy (non-hydrogen) atoms. The minimum absolute atomic E-state index is 0.00972. The van der Waals surface area contributed by atoms with Crippen molar-refractivity contribution in [1.29, 1.82) is 0 Å². The Labute approximate surface area is 122 Å². The maximum Gasteiger partial charge on any atom is 0.123 e. The van der Waals surface area contributed by atoms with E-state index in [1.54, 1.807) is 0 Å². The summed E-state index contributed by atoms with van der Waals surface area (Å²) in [7, 11) is 0. The van der Waals surface area contributed by atoms with Crippen LogP contribution >= 0.6 is 0 Å². The van der Waals surface area contributed by atoms with E-state index in [1.807, 2.05) is 12.1 Å². The Morgan fingerprint density at radius 2 is 1.85 bits per heavy atom. The Hall–Kier alpha value is -0.930. The second-order valence-corrected chi connectivity index (χ2v) is 6.43. The summed E-state index contributed by atoms with van der Waals surface area (Å²) in [5, 5.41) is 3.38. The molecule has 0 aliphatic heterocycles. The smallest absolute Gasteiger partial charge is 0.123 e. The zero-order valence-corrected chi connectivity index (χ0v) is 13.2. The molecule has 0 amide bonds. The quantitative estimate of drug-likeness (QED) is 0.717. The molecule has 0 aromatic heterocycles. The number of hydrogen-bond donors (Lipinski definition) is 1. The summed E-state index contributed by atoms with van der Waals surface area (Å²) in [6.07, 6.45) is 2.10. The van der Waals surface area contributed by atoms with Crippen LogP contribution in [0.4, 0.5) is 4.39 Å². The van der Waals surface area contributed by atoms with Gasteiger partial charge in [-0.15, -0.1) is 0 Å². The molecule has 0 saturated carbocycles. The predicted octanol–water partition coefficient (Wildman–Crippen LogP) is 4.32. The molecule has 1 unspecified atom stereocenters. The van der Waals surface area contributed by atoms with Gasteiger partial charge in [-0.3, -0.25) is 0 Å². The molecule has 3 heteroatoms. The summed E-state index contributed by atoms with van der Waals surface area (Å²) in [5.74, 6) is -0.205. The monoisotopic (exact) mass is 281 g/mol. The number of rotatable bonds is 8. The lowest BCUT2D eigenvalue weighted by molar-refractivity contribution is 0.0370. The van der Waals surface area contributed by atoms with Crippen LogP contribution in [0.1, 0.15) is 52.2 Å². The normalized spacial score (nSPS) is 13.4. The zero-order chi connectivity index (χ0) is 15.0. The predicted molar refractivity (Wildman–Crippen MR) is 82.3 cm³/mol. The molecule has 1 aromatic carbocycles. The maximum atomic E-state index is 13.0. The lowest BCUT2D eigenvalue weighted by atomic mass is 9.93. The number of ether oxygens (including phenoxy) is 1. The van der Waals surface area contributed by atoms with Gasteiger partial charge in [0.15, 0.2) is 0 Å². The zero-order valence-electron chi connectivity index (χ0n) is 13.2. The fourth-order valence-corrected chi connectivity index (χ4v) is 1.87. The van der Waals surface area contributed by atoms with Gasteiger partial charge in [0.2, 0.25) is 0 Å². The fourth-order valence-electron chi connectivity index (χ4n) is 1.87. The summed E-state index contributed by atoms with van der Waals surface area (Å²) in [6.45, 7) is 11.2. The van der Waals surface area contributed by atoms with Crippen LogP contribution < -0.4 is 5.32 Å². The van der Waals surface area contributed by atoms with Crippen molar-refractivity contribution >= 4 is 0 Å². The Bertz CT molecular complexity index is 370. The summed E-state index contributed by atoms with van der Waals surface area (Å²) in [6, 6.07) is 6.61. The van der Waals surface area contributed by atoms with Crippen molar-refractivity contribution in [3.8, 4) is 0 Å². The van der Waals surface area contributed by atoms with E-state index in [-0.39, 0.29) is 17.3 Å². The second kappa shape index (κ2) is 8.38. The molecule has 0 bridgehead atoms. The topological polar surface area (TPSA) is 21.3 Å². The molecule has 0 aliphatic carbocycles. The minimum atomic E-state index is -0.205. The highest BCUT2D eigenvalue weighted by atomic mass is 19.1. The summed E-state index contributed by atoms with van der Waals surface area (Å²) in [5.41, 5.74) is 1.30. The van der Waals surface area contributed by atoms with E-state index < -0.39 is 0 Å². The van der Waals surface area contributed by atoms with Crippen molar-refractivity contribution in [2.45, 2.75) is 46.6 Å². The summed E-state index contributed by atoms with van der Waals surface area (Å²) in [4.78, 5) is 0. The van der Waals surface area contributed by atoms with Gasteiger partial charge in [0.25, 0.3) is 0 Å². The number of nitrogens with one attached hydrogen (secondary N) is 1. The van der Waals surface area contributed by atoms with Gasteiger partial charge in [-0.2, -0.15) is 0 Å². The largest absolute Gasteiger partial charge is 0.372 e. The Kier molecular flexibility index (Phi) is 7.17. The van der Waals surface area contributed by atoms with E-state index in [0.29, 0.717) is 0 Å². The van der Waals surface area contributed by atoms with Gasteiger partial charge in [0.05, 0.1) is 6.10 Å². The Morgan fingerprint density at radius 1 is 1.20 bits per heavy atom. The highest BCUT2D eigenvalue weighted by molar-refractivity contribution is 5.19. The summed E-state index contributed by atoms with van der Waals surface area (Å²) < 4.78 is 19.0. The van der Waals surface area contributed by atoms with Crippen LogP contribution in [0.25, 0.3) is 0 Å². The molecule has 114 valence electrons. The Morgan fingerprint density at radius 3 is 2.40 bits per heavy atom. The highest BCUT2D eigenvalue weighted by Gasteiger charge is 2.15. The van der Waals surface area contributed by atoms with Crippen LogP contribution in [0.2, 0.25) is 0 Å². The SMILES string of the molecule is CCCNCC(OCCC(C)(C)C)c1ccc(F)cc1. The average molecular weight is 281 g/mol. The first-order chi connectivity index (χ1) is 9.42. The van der Waals surface area contributed by atoms with Crippen LogP contribution in [-0.4, -0.2) is 19.7 Å². The van der Waals surface area contributed by atoms with Crippen molar-refractivity contribution in [2.75, 3.05) is 19.7 Å². The maximum absolute atomic E-state index is 13.0. The van der Waals surface area contributed by atoms with Gasteiger partial charge >= 0.3 is 0 Å². The number of benzene rings is 1. The standard InChI is InChI=1S/C17H28FNO/c1-5-11-19-13-16(20-12-10-17(2,3)4)14-6-8-15(18)9-7-14/h6-9,16,19H,5,10-13H2,1-4H3. The molecule has 2 nitrogen and oxygen atoms in total. The van der Waals surface area contributed by atoms with Gasteiger partial charge in [-0.05, 0) is 42.5 Å². The van der Waals surface area contributed by atoms with Crippen molar-refractivity contribution in [3.05, 3.63) is 35.6 Å². The third kappa shape index (κ3) is 7.01. The van der Waals surface area contributed by atoms with Crippen LogP contribution in [0.15, 0.2) is 24.3 Å². The van der Waals surface area contributed by atoms with E-state index >= 15 is 0 Å². The van der Waals surface area contributed by atoms with Gasteiger partial charge < -0.3 is 10.1 Å². The minimum Gasteiger partial charge on any atom is -0.372 e. The summed E-state index contributed by atoms with van der Waals surface area (Å²) >= 11 is 0. The van der Waals surface area contributed by atoms with Crippen molar-refractivity contribution in [1.82, 2.24) is 5.32 Å². The lowest BCUT2D eigenvalue weighted by Crippen LogP contribution is -2.25. The van der Waals surface area contributed by atoms with Crippen LogP contribution in [0.3, 0.4) is 0 Å². The first-order valence-electron chi connectivity index (χ1n) is 7.50. The first-order valence-corrected chi connectivity index (χ1v) is 7.50. The van der Waals surface area contributed by atoms with E-state index in [2.05, 4.69) is 33.0 Å².